The molecule has 7 nitrogen and oxygen atoms in total. The predicted molar refractivity (Wildman–Crippen MR) is 118 cm³/mol. The lowest BCUT2D eigenvalue weighted by Gasteiger charge is -2.26. The van der Waals surface area contributed by atoms with E-state index >= 15 is 0 Å². The number of esters is 1. The van der Waals surface area contributed by atoms with E-state index in [9.17, 15) is 14.4 Å². The number of morpholine rings is 1. The monoisotopic (exact) mass is 448 g/mol. The fourth-order valence-electron chi connectivity index (χ4n) is 2.98. The Kier molecular flexibility index (Phi) is 7.89. The summed E-state index contributed by atoms with van der Waals surface area (Å²) in [4.78, 5) is 40.5. The number of hydrogen-bond donors (Lipinski definition) is 0. The van der Waals surface area contributed by atoms with Crippen molar-refractivity contribution >= 4 is 47.1 Å². The highest BCUT2D eigenvalue weighted by Crippen LogP contribution is 2.14. The van der Waals surface area contributed by atoms with Crippen LogP contribution < -0.4 is 14.8 Å². The molecule has 0 radical (unpaired) electrons. The summed E-state index contributed by atoms with van der Waals surface area (Å²) in [6.07, 6.45) is 5.05. The van der Waals surface area contributed by atoms with Crippen LogP contribution in [-0.4, -0.2) is 60.5 Å². The van der Waals surface area contributed by atoms with Crippen molar-refractivity contribution in [3.05, 3.63) is 49.4 Å². The third-order valence-corrected chi connectivity index (χ3v) is 6.34. The topological polar surface area (TPSA) is 77.8 Å². The van der Waals surface area contributed by atoms with Gasteiger partial charge in [-0.05, 0) is 37.0 Å². The van der Waals surface area contributed by atoms with Crippen molar-refractivity contribution < 1.29 is 19.1 Å². The lowest BCUT2D eigenvalue weighted by molar-refractivity contribution is -0.136. The van der Waals surface area contributed by atoms with E-state index in [1.54, 1.807) is 29.7 Å². The van der Waals surface area contributed by atoms with Gasteiger partial charge in [0, 0.05) is 18.0 Å². The molecule has 1 aliphatic heterocycles. The van der Waals surface area contributed by atoms with Gasteiger partial charge in [-0.2, -0.15) is 0 Å². The van der Waals surface area contributed by atoms with Gasteiger partial charge in [-0.1, -0.05) is 12.1 Å². The Morgan fingerprint density at radius 2 is 1.93 bits per heavy atom. The number of nitrogens with zero attached hydrogens (tertiary/aromatic N) is 2. The van der Waals surface area contributed by atoms with Crippen molar-refractivity contribution in [3.63, 3.8) is 0 Å². The summed E-state index contributed by atoms with van der Waals surface area (Å²) in [5.74, 6) is -0.713. The first-order chi connectivity index (χ1) is 14.5. The number of ether oxygens (including phenoxy) is 2. The van der Waals surface area contributed by atoms with Crippen molar-refractivity contribution in [2.75, 3.05) is 39.2 Å². The maximum Gasteiger partial charge on any atom is 0.333 e. The molecule has 1 amide bonds. The van der Waals surface area contributed by atoms with Gasteiger partial charge in [-0.15, -0.1) is 23.1 Å². The molecule has 9 heteroatoms. The third kappa shape index (κ3) is 5.62. The molecule has 2 aromatic rings. The van der Waals surface area contributed by atoms with Crippen LogP contribution in [-0.2, 0) is 25.6 Å². The van der Waals surface area contributed by atoms with Crippen LogP contribution in [0.1, 0.15) is 12.5 Å². The van der Waals surface area contributed by atoms with Crippen LogP contribution in [0, 0.1) is 0 Å². The van der Waals surface area contributed by atoms with Crippen molar-refractivity contribution in [2.24, 2.45) is 0 Å². The summed E-state index contributed by atoms with van der Waals surface area (Å²) in [6, 6.07) is 7.83. The molecule has 0 aliphatic carbocycles. The van der Waals surface area contributed by atoms with Crippen molar-refractivity contribution in [1.82, 2.24) is 9.47 Å². The van der Waals surface area contributed by atoms with Gasteiger partial charge >= 0.3 is 5.97 Å². The van der Waals surface area contributed by atoms with E-state index in [0.717, 1.165) is 10.5 Å². The maximum atomic E-state index is 13.0. The van der Waals surface area contributed by atoms with E-state index in [-0.39, 0.29) is 24.6 Å². The number of rotatable bonds is 6. The van der Waals surface area contributed by atoms with E-state index in [2.05, 4.69) is 0 Å². The molecule has 1 fully saturated rings. The molecule has 0 bridgehead atoms. The largest absolute Gasteiger partial charge is 0.463 e. The fourth-order valence-corrected chi connectivity index (χ4v) is 4.42. The number of amides is 1. The second-order valence-electron chi connectivity index (χ2n) is 6.50. The normalized spacial score (nSPS) is 15.5. The standard InChI is InChI=1S/C21H24N2O5S2/c1-3-28-20(25)13-19-23(14-18(24)22-8-10-27-11-9-22)21(26)17(30-19)12-15-4-6-16(29-2)7-5-15/h4-7,12-13H,3,8-11,14H2,1-2H3/b17-12-,19-13-. The number of aromatic nitrogens is 1. The van der Waals surface area contributed by atoms with Crippen LogP contribution in [0.4, 0.5) is 0 Å². The van der Waals surface area contributed by atoms with Gasteiger partial charge in [0.2, 0.25) is 5.91 Å². The van der Waals surface area contributed by atoms with Gasteiger partial charge in [0.25, 0.3) is 5.56 Å². The van der Waals surface area contributed by atoms with Gasteiger partial charge in [0.1, 0.15) is 11.2 Å². The first-order valence-electron chi connectivity index (χ1n) is 9.61. The van der Waals surface area contributed by atoms with E-state index < -0.39 is 5.97 Å². The first-order valence-corrected chi connectivity index (χ1v) is 11.7. The molecule has 30 heavy (non-hydrogen) atoms. The van der Waals surface area contributed by atoms with Crippen LogP contribution in [0.5, 0.6) is 0 Å². The number of thioether (sulfide) groups is 1. The molecule has 0 unspecified atom stereocenters. The van der Waals surface area contributed by atoms with Crippen molar-refractivity contribution in [2.45, 2.75) is 18.4 Å². The van der Waals surface area contributed by atoms with E-state index in [4.69, 9.17) is 9.47 Å². The fraction of sp³-hybridized carbons (Fsp3) is 0.381. The molecule has 0 atom stereocenters. The van der Waals surface area contributed by atoms with Gasteiger partial charge in [0.05, 0.1) is 30.4 Å². The Morgan fingerprint density at radius 3 is 2.57 bits per heavy atom. The zero-order valence-electron chi connectivity index (χ0n) is 17.0. The highest BCUT2D eigenvalue weighted by atomic mass is 32.2. The van der Waals surface area contributed by atoms with Gasteiger partial charge in [0.15, 0.2) is 0 Å². The Labute approximate surface area is 182 Å². The predicted octanol–water partition coefficient (Wildman–Crippen LogP) is 0.663. The molecule has 0 N–H and O–H groups in total. The zero-order valence-corrected chi connectivity index (χ0v) is 18.6. The quantitative estimate of drug-likeness (QED) is 0.477. The molecule has 160 valence electrons. The molecule has 1 aliphatic rings. The Bertz CT molecular complexity index is 1070. The van der Waals surface area contributed by atoms with Crippen LogP contribution in [0.3, 0.4) is 0 Å². The SMILES string of the molecule is CCOC(=O)/C=c1\s/c(=C\c2ccc(SC)cc2)c(=O)n1CC(=O)N1CCOCC1. The summed E-state index contributed by atoms with van der Waals surface area (Å²) >= 11 is 2.81. The van der Waals surface area contributed by atoms with Gasteiger partial charge in [-0.25, -0.2) is 4.79 Å². The third-order valence-electron chi connectivity index (χ3n) is 4.54. The molecular formula is C21H24N2O5S2. The molecular weight excluding hydrogens is 424 g/mol. The smallest absolute Gasteiger partial charge is 0.333 e. The molecule has 1 saturated heterocycles. The van der Waals surface area contributed by atoms with Gasteiger partial charge < -0.3 is 14.4 Å². The average Bonchev–Trinajstić information content (AvgIpc) is 3.03. The highest BCUT2D eigenvalue weighted by molar-refractivity contribution is 7.98. The molecule has 1 aromatic carbocycles. The van der Waals surface area contributed by atoms with Crippen molar-refractivity contribution in [1.29, 1.82) is 0 Å². The van der Waals surface area contributed by atoms with Crippen LogP contribution in [0.15, 0.2) is 34.0 Å². The van der Waals surface area contributed by atoms with E-state index in [1.165, 1.54) is 22.0 Å². The summed E-state index contributed by atoms with van der Waals surface area (Å²) in [7, 11) is 0. The number of carbonyl (C=O) groups excluding carboxylic acids is 2. The van der Waals surface area contributed by atoms with Crippen LogP contribution >= 0.6 is 23.1 Å². The highest BCUT2D eigenvalue weighted by Gasteiger charge is 2.19. The molecule has 1 aromatic heterocycles. The Hall–Kier alpha value is -2.36. The number of benzene rings is 1. The summed E-state index contributed by atoms with van der Waals surface area (Å²) < 4.78 is 12.5. The number of hydrogen-bond acceptors (Lipinski definition) is 7. The summed E-state index contributed by atoms with van der Waals surface area (Å²) in [5, 5.41) is 0. The first kappa shape index (κ1) is 22.3. The number of carbonyl (C=O) groups is 2. The molecule has 0 saturated carbocycles. The minimum absolute atomic E-state index is 0.125. The summed E-state index contributed by atoms with van der Waals surface area (Å²) in [5.41, 5.74) is 0.576. The summed E-state index contributed by atoms with van der Waals surface area (Å²) in [6.45, 7) is 3.78. The Morgan fingerprint density at radius 1 is 1.23 bits per heavy atom. The second kappa shape index (κ2) is 10.6. The minimum atomic E-state index is -0.540. The molecule has 3 rings (SSSR count). The van der Waals surface area contributed by atoms with Gasteiger partial charge in [-0.3, -0.25) is 14.2 Å². The second-order valence-corrected chi connectivity index (χ2v) is 8.44. The molecule has 0 spiro atoms. The maximum absolute atomic E-state index is 13.0. The molecule has 2 heterocycles. The van der Waals surface area contributed by atoms with E-state index in [1.807, 2.05) is 30.5 Å². The lowest BCUT2D eigenvalue weighted by Crippen LogP contribution is -2.45. The van der Waals surface area contributed by atoms with Crippen molar-refractivity contribution in [3.8, 4) is 0 Å². The number of thiazole rings is 1. The lowest BCUT2D eigenvalue weighted by atomic mass is 10.2. The zero-order chi connectivity index (χ0) is 21.5. The van der Waals surface area contributed by atoms with Crippen LogP contribution in [0.2, 0.25) is 0 Å². The Balaban J connectivity index is 2.00. The average molecular weight is 449 g/mol. The minimum Gasteiger partial charge on any atom is -0.463 e. The van der Waals surface area contributed by atoms with E-state index in [0.29, 0.717) is 35.5 Å². The van der Waals surface area contributed by atoms with Crippen LogP contribution in [0.25, 0.3) is 12.2 Å².